The fourth-order valence-electron chi connectivity index (χ4n) is 4.91. The molecule has 2 N–H and O–H groups in total. The molecule has 2 aromatic rings. The molecule has 3 fully saturated rings. The summed E-state index contributed by atoms with van der Waals surface area (Å²) in [6, 6.07) is 5.06. The Hall–Kier alpha value is -1.13. The quantitative estimate of drug-likeness (QED) is 0.905. The van der Waals surface area contributed by atoms with Crippen LogP contribution >= 0.6 is 11.3 Å². The van der Waals surface area contributed by atoms with Crippen molar-refractivity contribution in [3.63, 3.8) is 0 Å². The van der Waals surface area contributed by atoms with Gasteiger partial charge in [-0.25, -0.2) is 0 Å². The summed E-state index contributed by atoms with van der Waals surface area (Å²) >= 11 is 1.77. The summed E-state index contributed by atoms with van der Waals surface area (Å²) in [5, 5.41) is 13.3. The Kier molecular flexibility index (Phi) is 2.41. The van der Waals surface area contributed by atoms with E-state index in [9.17, 15) is 0 Å². The second-order valence-corrected chi connectivity index (χ2v) is 7.59. The van der Waals surface area contributed by atoms with Crippen molar-refractivity contribution in [2.24, 2.45) is 23.7 Å². The number of aromatic amines is 1. The van der Waals surface area contributed by atoms with Crippen LogP contribution in [0.25, 0.3) is 10.6 Å². The van der Waals surface area contributed by atoms with Gasteiger partial charge in [-0.1, -0.05) is 6.07 Å². The van der Waals surface area contributed by atoms with E-state index < -0.39 is 0 Å². The number of H-pyrrole nitrogens is 1. The van der Waals surface area contributed by atoms with Crippen molar-refractivity contribution in [1.29, 1.82) is 0 Å². The van der Waals surface area contributed by atoms with Crippen molar-refractivity contribution >= 4 is 11.3 Å². The van der Waals surface area contributed by atoms with Gasteiger partial charge in [0.1, 0.15) is 0 Å². The maximum absolute atomic E-state index is 4.23. The average Bonchev–Trinajstić information content (AvgIpc) is 3.05. The van der Waals surface area contributed by atoms with Crippen LogP contribution < -0.4 is 5.32 Å². The molecule has 3 nitrogen and oxygen atoms in total. The SMILES string of the molecule is c1csc(-c2[nH]ncc2CNC2C3C4CCC(C4)C23)c1. The van der Waals surface area contributed by atoms with Crippen LogP contribution in [0.4, 0.5) is 0 Å². The molecule has 104 valence electrons. The summed E-state index contributed by atoms with van der Waals surface area (Å²) in [7, 11) is 0. The fraction of sp³-hybridized carbons (Fsp3) is 0.562. The molecule has 0 radical (unpaired) electrons. The first-order valence-electron chi connectivity index (χ1n) is 7.71. The molecule has 0 aliphatic heterocycles. The van der Waals surface area contributed by atoms with Crippen LogP contribution in [-0.4, -0.2) is 16.2 Å². The van der Waals surface area contributed by atoms with E-state index in [0.29, 0.717) is 0 Å². The minimum absolute atomic E-state index is 0.798. The van der Waals surface area contributed by atoms with E-state index in [0.717, 1.165) is 36.3 Å². The molecule has 3 aliphatic rings. The van der Waals surface area contributed by atoms with Crippen molar-refractivity contribution < 1.29 is 0 Å². The molecule has 0 saturated heterocycles. The van der Waals surface area contributed by atoms with Crippen LogP contribution in [0.5, 0.6) is 0 Å². The summed E-state index contributed by atoms with van der Waals surface area (Å²) in [4.78, 5) is 1.29. The lowest BCUT2D eigenvalue weighted by Gasteiger charge is -2.10. The lowest BCUT2D eigenvalue weighted by atomic mass is 10.0. The molecule has 2 heterocycles. The molecule has 4 heteroatoms. The minimum Gasteiger partial charge on any atom is -0.309 e. The Morgan fingerprint density at radius 2 is 2.15 bits per heavy atom. The molecule has 4 atom stereocenters. The van der Waals surface area contributed by atoms with Crippen molar-refractivity contribution in [2.45, 2.75) is 31.8 Å². The number of hydrogen-bond donors (Lipinski definition) is 2. The van der Waals surface area contributed by atoms with Crippen molar-refractivity contribution in [3.05, 3.63) is 29.3 Å². The summed E-state index contributed by atoms with van der Waals surface area (Å²) in [5.74, 6) is 4.10. The Morgan fingerprint density at radius 1 is 1.30 bits per heavy atom. The van der Waals surface area contributed by atoms with Gasteiger partial charge in [0.25, 0.3) is 0 Å². The van der Waals surface area contributed by atoms with Gasteiger partial charge in [0.2, 0.25) is 0 Å². The number of fused-ring (bicyclic) bond motifs is 5. The molecule has 3 aliphatic carbocycles. The van der Waals surface area contributed by atoms with Gasteiger partial charge in [-0.05, 0) is 54.4 Å². The highest BCUT2D eigenvalue weighted by atomic mass is 32.1. The lowest BCUT2D eigenvalue weighted by molar-refractivity contribution is 0.456. The Balaban J connectivity index is 1.29. The van der Waals surface area contributed by atoms with E-state index in [1.807, 2.05) is 6.20 Å². The zero-order chi connectivity index (χ0) is 13.1. The maximum Gasteiger partial charge on any atom is 0.0794 e. The normalized spacial score (nSPS) is 37.3. The van der Waals surface area contributed by atoms with Crippen molar-refractivity contribution in [2.75, 3.05) is 0 Å². The third-order valence-corrected chi connectivity index (χ3v) is 6.64. The van der Waals surface area contributed by atoms with Gasteiger partial charge in [-0.2, -0.15) is 5.10 Å². The van der Waals surface area contributed by atoms with Crippen LogP contribution in [0, 0.1) is 23.7 Å². The monoisotopic (exact) mass is 285 g/mol. The molecule has 0 aromatic carbocycles. The topological polar surface area (TPSA) is 40.7 Å². The third kappa shape index (κ3) is 1.58. The average molecular weight is 285 g/mol. The van der Waals surface area contributed by atoms with Gasteiger partial charge in [-0.3, -0.25) is 5.10 Å². The van der Waals surface area contributed by atoms with Crippen LogP contribution in [0.1, 0.15) is 24.8 Å². The van der Waals surface area contributed by atoms with Gasteiger partial charge < -0.3 is 5.32 Å². The number of thiophene rings is 1. The zero-order valence-corrected chi connectivity index (χ0v) is 12.2. The first kappa shape index (κ1) is 11.5. The number of nitrogens with one attached hydrogen (secondary N) is 2. The molecular formula is C16H19N3S. The van der Waals surface area contributed by atoms with Crippen LogP contribution in [0.15, 0.2) is 23.7 Å². The highest BCUT2D eigenvalue weighted by molar-refractivity contribution is 7.13. The van der Waals surface area contributed by atoms with Crippen LogP contribution in [0.3, 0.4) is 0 Å². The number of hydrogen-bond acceptors (Lipinski definition) is 3. The molecule has 5 rings (SSSR count). The largest absolute Gasteiger partial charge is 0.309 e. The smallest absolute Gasteiger partial charge is 0.0794 e. The van der Waals surface area contributed by atoms with Gasteiger partial charge in [-0.15, -0.1) is 11.3 Å². The molecular weight excluding hydrogens is 266 g/mol. The van der Waals surface area contributed by atoms with E-state index in [1.165, 1.54) is 35.4 Å². The first-order chi connectivity index (χ1) is 9.92. The van der Waals surface area contributed by atoms with Gasteiger partial charge in [0.15, 0.2) is 0 Å². The molecule has 0 spiro atoms. The number of aromatic nitrogens is 2. The zero-order valence-electron chi connectivity index (χ0n) is 11.4. The van der Waals surface area contributed by atoms with E-state index in [-0.39, 0.29) is 0 Å². The second kappa shape index (κ2) is 4.18. The summed E-state index contributed by atoms with van der Waals surface area (Å²) in [6.45, 7) is 0.959. The predicted molar refractivity (Wildman–Crippen MR) is 80.3 cm³/mol. The Bertz CT molecular complexity index is 601. The lowest BCUT2D eigenvalue weighted by Crippen LogP contribution is -2.22. The van der Waals surface area contributed by atoms with E-state index in [2.05, 4.69) is 33.0 Å². The van der Waals surface area contributed by atoms with E-state index in [4.69, 9.17) is 0 Å². The Morgan fingerprint density at radius 3 is 2.90 bits per heavy atom. The molecule has 4 unspecified atom stereocenters. The van der Waals surface area contributed by atoms with Gasteiger partial charge >= 0.3 is 0 Å². The van der Waals surface area contributed by atoms with E-state index in [1.54, 1.807) is 11.3 Å². The number of rotatable bonds is 4. The van der Waals surface area contributed by atoms with E-state index >= 15 is 0 Å². The van der Waals surface area contributed by atoms with Gasteiger partial charge in [0, 0.05) is 18.2 Å². The molecule has 2 bridgehead atoms. The van der Waals surface area contributed by atoms with Gasteiger partial charge in [0.05, 0.1) is 16.8 Å². The molecule has 2 aromatic heterocycles. The van der Waals surface area contributed by atoms with Crippen LogP contribution in [0.2, 0.25) is 0 Å². The first-order valence-corrected chi connectivity index (χ1v) is 8.59. The standard InChI is InChI=1S/C16H19N3S/c1-2-12(20-5-1)15-11(8-18-19-15)7-17-16-13-9-3-4-10(6-9)14(13)16/h1-2,5,8-10,13-14,16-17H,3-4,6-7H2,(H,18,19). The van der Waals surface area contributed by atoms with Crippen LogP contribution in [-0.2, 0) is 6.54 Å². The highest BCUT2D eigenvalue weighted by Crippen LogP contribution is 2.65. The summed E-state index contributed by atoms with van der Waals surface area (Å²) < 4.78 is 0. The minimum atomic E-state index is 0.798. The second-order valence-electron chi connectivity index (χ2n) is 6.64. The summed E-state index contributed by atoms with van der Waals surface area (Å²) in [5.41, 5.74) is 2.51. The molecule has 20 heavy (non-hydrogen) atoms. The maximum atomic E-state index is 4.23. The van der Waals surface area contributed by atoms with Crippen molar-refractivity contribution in [1.82, 2.24) is 15.5 Å². The third-order valence-electron chi connectivity index (χ3n) is 5.75. The predicted octanol–water partition coefficient (Wildman–Crippen LogP) is 3.27. The fourth-order valence-corrected chi connectivity index (χ4v) is 5.66. The highest BCUT2D eigenvalue weighted by Gasteiger charge is 2.64. The number of nitrogens with zero attached hydrogens (tertiary/aromatic N) is 1. The van der Waals surface area contributed by atoms with Crippen molar-refractivity contribution in [3.8, 4) is 10.6 Å². The summed E-state index contributed by atoms with van der Waals surface area (Å²) in [6.07, 6.45) is 6.50. The Labute approximate surface area is 122 Å². The molecule has 3 saturated carbocycles. The molecule has 0 amide bonds.